The van der Waals surface area contributed by atoms with Crippen LogP contribution in [0.1, 0.15) is 41.6 Å². The lowest BCUT2D eigenvalue weighted by atomic mass is 10.0. The van der Waals surface area contributed by atoms with Gasteiger partial charge in [0, 0.05) is 25.2 Å². The lowest BCUT2D eigenvalue weighted by Gasteiger charge is -2.17. The van der Waals surface area contributed by atoms with Gasteiger partial charge in [-0.1, -0.05) is 30.3 Å². The van der Waals surface area contributed by atoms with Gasteiger partial charge in [0.1, 0.15) is 11.7 Å². The molecule has 152 valence electrons. The number of carboxylic acid groups (broad SMARTS) is 1. The van der Waals surface area contributed by atoms with Gasteiger partial charge in [-0.25, -0.2) is 0 Å². The standard InChI is InChI=1S/C22H24N2O5/c1-2-29-19-11-6-4-9-16(19)21(26)23-13-7-12-20(25)24-14-17(22(27)28)15-8-3-5-10-18(15)24/h3-6,8-11,17H,2,7,12-14H2,1H3,(H,23,26)(H,27,28). The summed E-state index contributed by atoms with van der Waals surface area (Å²) in [6, 6.07) is 14.1. The number of benzene rings is 2. The number of rotatable bonds is 8. The number of ether oxygens (including phenoxy) is 1. The van der Waals surface area contributed by atoms with Gasteiger partial charge in [0.2, 0.25) is 5.91 Å². The number of para-hydroxylation sites is 2. The van der Waals surface area contributed by atoms with Crippen molar-refractivity contribution in [3.8, 4) is 5.75 Å². The molecular weight excluding hydrogens is 372 g/mol. The normalized spacial score (nSPS) is 14.9. The second kappa shape index (κ2) is 9.23. The number of nitrogens with one attached hydrogen (secondary N) is 1. The Morgan fingerprint density at radius 3 is 2.62 bits per heavy atom. The van der Waals surface area contributed by atoms with Crippen molar-refractivity contribution >= 4 is 23.5 Å². The van der Waals surface area contributed by atoms with Crippen molar-refractivity contribution in [3.05, 3.63) is 59.7 Å². The molecule has 1 aliphatic heterocycles. The predicted molar refractivity (Wildman–Crippen MR) is 108 cm³/mol. The van der Waals surface area contributed by atoms with Gasteiger partial charge >= 0.3 is 5.97 Å². The molecule has 0 aliphatic carbocycles. The van der Waals surface area contributed by atoms with Crippen molar-refractivity contribution in [3.63, 3.8) is 0 Å². The highest BCUT2D eigenvalue weighted by Crippen LogP contribution is 2.36. The smallest absolute Gasteiger partial charge is 0.312 e. The van der Waals surface area contributed by atoms with E-state index in [4.69, 9.17) is 4.74 Å². The summed E-state index contributed by atoms with van der Waals surface area (Å²) in [5.74, 6) is -1.51. The number of carboxylic acids is 1. The van der Waals surface area contributed by atoms with Gasteiger partial charge in [-0.3, -0.25) is 14.4 Å². The molecule has 1 aliphatic rings. The first-order chi connectivity index (χ1) is 14.0. The summed E-state index contributed by atoms with van der Waals surface area (Å²) in [6.07, 6.45) is 0.672. The van der Waals surface area contributed by atoms with Crippen LogP contribution in [0.25, 0.3) is 0 Å². The van der Waals surface area contributed by atoms with Crippen LogP contribution in [0.2, 0.25) is 0 Å². The molecule has 1 atom stereocenters. The second-order valence-corrected chi connectivity index (χ2v) is 6.74. The highest BCUT2D eigenvalue weighted by molar-refractivity contribution is 5.99. The van der Waals surface area contributed by atoms with Crippen molar-refractivity contribution in [1.29, 1.82) is 0 Å². The van der Waals surface area contributed by atoms with Gasteiger partial charge in [-0.05, 0) is 37.1 Å². The van der Waals surface area contributed by atoms with Crippen LogP contribution in [0, 0.1) is 0 Å². The minimum absolute atomic E-state index is 0.140. The molecule has 0 saturated carbocycles. The van der Waals surface area contributed by atoms with E-state index in [2.05, 4.69) is 5.32 Å². The number of amides is 2. The summed E-state index contributed by atoms with van der Waals surface area (Å²) >= 11 is 0. The molecule has 2 aromatic rings. The Hall–Kier alpha value is -3.35. The fraction of sp³-hybridized carbons (Fsp3) is 0.318. The summed E-state index contributed by atoms with van der Waals surface area (Å²) in [6.45, 7) is 2.80. The molecule has 1 unspecified atom stereocenters. The fourth-order valence-corrected chi connectivity index (χ4v) is 3.46. The first kappa shape index (κ1) is 20.4. The van der Waals surface area contributed by atoms with Crippen molar-refractivity contribution in [1.82, 2.24) is 5.32 Å². The maximum absolute atomic E-state index is 12.6. The Morgan fingerprint density at radius 1 is 1.14 bits per heavy atom. The van der Waals surface area contributed by atoms with E-state index in [1.807, 2.05) is 6.92 Å². The zero-order valence-electron chi connectivity index (χ0n) is 16.3. The Bertz CT molecular complexity index is 912. The van der Waals surface area contributed by atoms with Gasteiger partial charge in [0.15, 0.2) is 0 Å². The van der Waals surface area contributed by atoms with Gasteiger partial charge in [0.05, 0.1) is 12.2 Å². The topological polar surface area (TPSA) is 95.9 Å². The number of nitrogens with zero attached hydrogens (tertiary/aromatic N) is 1. The van der Waals surface area contributed by atoms with Crippen LogP contribution in [0.3, 0.4) is 0 Å². The van der Waals surface area contributed by atoms with E-state index in [1.54, 1.807) is 48.5 Å². The summed E-state index contributed by atoms with van der Waals surface area (Å²) in [5, 5.41) is 12.2. The van der Waals surface area contributed by atoms with Crippen molar-refractivity contribution in [2.75, 3.05) is 24.6 Å². The maximum Gasteiger partial charge on any atom is 0.312 e. The molecule has 0 aromatic heterocycles. The fourth-order valence-electron chi connectivity index (χ4n) is 3.46. The second-order valence-electron chi connectivity index (χ2n) is 6.74. The summed E-state index contributed by atoms with van der Waals surface area (Å²) < 4.78 is 5.46. The van der Waals surface area contributed by atoms with Crippen LogP contribution < -0.4 is 15.0 Å². The SMILES string of the molecule is CCOc1ccccc1C(=O)NCCCC(=O)N1CC(C(=O)O)c2ccccc21. The van der Waals surface area contributed by atoms with Crippen molar-refractivity contribution < 1.29 is 24.2 Å². The van der Waals surface area contributed by atoms with E-state index in [-0.39, 0.29) is 24.8 Å². The Morgan fingerprint density at radius 2 is 1.86 bits per heavy atom. The molecule has 7 heteroatoms. The average molecular weight is 396 g/mol. The molecule has 0 saturated heterocycles. The van der Waals surface area contributed by atoms with Gasteiger partial charge in [-0.2, -0.15) is 0 Å². The summed E-state index contributed by atoms with van der Waals surface area (Å²) in [7, 11) is 0. The highest BCUT2D eigenvalue weighted by atomic mass is 16.5. The molecule has 29 heavy (non-hydrogen) atoms. The van der Waals surface area contributed by atoms with Crippen LogP contribution in [0.15, 0.2) is 48.5 Å². The zero-order chi connectivity index (χ0) is 20.8. The van der Waals surface area contributed by atoms with Crippen molar-refractivity contribution in [2.45, 2.75) is 25.7 Å². The molecule has 1 heterocycles. The van der Waals surface area contributed by atoms with Crippen LogP contribution in [-0.2, 0) is 9.59 Å². The van der Waals surface area contributed by atoms with E-state index in [0.29, 0.717) is 42.1 Å². The zero-order valence-corrected chi connectivity index (χ0v) is 16.3. The van der Waals surface area contributed by atoms with E-state index in [9.17, 15) is 19.5 Å². The molecule has 2 N–H and O–H groups in total. The van der Waals surface area contributed by atoms with Crippen LogP contribution in [-0.4, -0.2) is 42.6 Å². The maximum atomic E-state index is 12.6. The molecule has 0 bridgehead atoms. The number of carbonyl (C=O) groups excluding carboxylic acids is 2. The van der Waals surface area contributed by atoms with E-state index < -0.39 is 11.9 Å². The molecule has 2 amide bonds. The molecule has 7 nitrogen and oxygen atoms in total. The van der Waals surface area contributed by atoms with E-state index in [1.165, 1.54) is 4.90 Å². The predicted octanol–water partition coefficient (Wildman–Crippen LogP) is 2.81. The largest absolute Gasteiger partial charge is 0.493 e. The van der Waals surface area contributed by atoms with Crippen LogP contribution >= 0.6 is 0 Å². The Labute approximate surface area is 169 Å². The lowest BCUT2D eigenvalue weighted by molar-refractivity contribution is -0.138. The van der Waals surface area contributed by atoms with Gasteiger partial charge in [-0.15, -0.1) is 0 Å². The summed E-state index contributed by atoms with van der Waals surface area (Å²) in [5.41, 5.74) is 1.77. The molecule has 3 rings (SSSR count). The quantitative estimate of drug-likeness (QED) is 0.669. The van der Waals surface area contributed by atoms with Crippen molar-refractivity contribution in [2.24, 2.45) is 0 Å². The molecule has 2 aromatic carbocycles. The third kappa shape index (κ3) is 4.56. The van der Waals surface area contributed by atoms with Gasteiger partial charge < -0.3 is 20.1 Å². The monoisotopic (exact) mass is 396 g/mol. The number of carbonyl (C=O) groups is 3. The first-order valence-electron chi connectivity index (χ1n) is 9.65. The summed E-state index contributed by atoms with van der Waals surface area (Å²) in [4.78, 5) is 38.0. The third-order valence-corrected chi connectivity index (χ3v) is 4.85. The van der Waals surface area contributed by atoms with E-state index in [0.717, 1.165) is 0 Å². The van der Waals surface area contributed by atoms with E-state index >= 15 is 0 Å². The van der Waals surface area contributed by atoms with Crippen LogP contribution in [0.4, 0.5) is 5.69 Å². The number of fused-ring (bicyclic) bond motifs is 1. The third-order valence-electron chi connectivity index (χ3n) is 4.85. The Balaban J connectivity index is 1.53. The first-order valence-corrected chi connectivity index (χ1v) is 9.65. The number of hydrogen-bond acceptors (Lipinski definition) is 4. The van der Waals surface area contributed by atoms with Crippen LogP contribution in [0.5, 0.6) is 5.75 Å². The number of anilines is 1. The van der Waals surface area contributed by atoms with Gasteiger partial charge in [0.25, 0.3) is 5.91 Å². The lowest BCUT2D eigenvalue weighted by Crippen LogP contribution is -2.32. The highest BCUT2D eigenvalue weighted by Gasteiger charge is 2.35. The molecular formula is C22H24N2O5. The molecule has 0 fully saturated rings. The average Bonchev–Trinajstić information content (AvgIpc) is 3.12. The molecule has 0 radical (unpaired) electrons. The molecule has 0 spiro atoms. The number of aliphatic carboxylic acids is 1. The minimum atomic E-state index is -0.937. The number of hydrogen-bond donors (Lipinski definition) is 2. The Kier molecular flexibility index (Phi) is 6.49. The minimum Gasteiger partial charge on any atom is -0.493 e.